The molecule has 0 aromatic carbocycles. The van der Waals surface area contributed by atoms with Crippen LogP contribution in [0, 0.1) is 0 Å². The molecule has 2 rings (SSSR count). The number of aromatic amines is 1. The Bertz CT molecular complexity index is 315. The van der Waals surface area contributed by atoms with E-state index in [9.17, 15) is 0 Å². The normalized spacial score (nSPS) is 15.4. The van der Waals surface area contributed by atoms with Gasteiger partial charge in [0, 0.05) is 29.4 Å². The van der Waals surface area contributed by atoms with Crippen LogP contribution in [0.5, 0.6) is 0 Å². The molecule has 0 unspecified atom stereocenters. The van der Waals surface area contributed by atoms with Gasteiger partial charge in [0.1, 0.15) is 0 Å². The molecule has 0 saturated carbocycles. The highest BCUT2D eigenvalue weighted by Gasteiger charge is 2.21. The van der Waals surface area contributed by atoms with Gasteiger partial charge >= 0.3 is 0 Å². The standard InChI is InChI=1S/C10H16N2S/c1-6(2)10-7(3-11)8-4-13-5-9(8)12-10/h6,12H,3-5,11H2,1-2H3. The van der Waals surface area contributed by atoms with Crippen LogP contribution in [0.2, 0.25) is 0 Å². The number of thioether (sulfide) groups is 1. The summed E-state index contributed by atoms with van der Waals surface area (Å²) >= 11 is 1.97. The first-order valence-electron chi connectivity index (χ1n) is 4.74. The first kappa shape index (κ1) is 9.16. The molecule has 13 heavy (non-hydrogen) atoms. The summed E-state index contributed by atoms with van der Waals surface area (Å²) in [4.78, 5) is 3.51. The molecule has 2 nitrogen and oxygen atoms in total. The number of aromatic nitrogens is 1. The Hall–Kier alpha value is -0.410. The first-order chi connectivity index (χ1) is 6.24. The van der Waals surface area contributed by atoms with Gasteiger partial charge in [0.25, 0.3) is 0 Å². The van der Waals surface area contributed by atoms with E-state index in [-0.39, 0.29) is 0 Å². The van der Waals surface area contributed by atoms with Gasteiger partial charge in [0.05, 0.1) is 0 Å². The zero-order chi connectivity index (χ0) is 9.42. The Morgan fingerprint density at radius 1 is 1.46 bits per heavy atom. The van der Waals surface area contributed by atoms with Crippen LogP contribution in [-0.4, -0.2) is 4.98 Å². The second kappa shape index (κ2) is 3.39. The zero-order valence-electron chi connectivity index (χ0n) is 8.18. The third kappa shape index (κ3) is 1.40. The minimum Gasteiger partial charge on any atom is -0.361 e. The topological polar surface area (TPSA) is 41.8 Å². The second-order valence-electron chi connectivity index (χ2n) is 3.83. The zero-order valence-corrected chi connectivity index (χ0v) is 9.00. The van der Waals surface area contributed by atoms with Crippen molar-refractivity contribution >= 4 is 11.8 Å². The van der Waals surface area contributed by atoms with Gasteiger partial charge < -0.3 is 10.7 Å². The maximum atomic E-state index is 5.78. The van der Waals surface area contributed by atoms with Gasteiger partial charge in [-0.05, 0) is 17.0 Å². The lowest BCUT2D eigenvalue weighted by Crippen LogP contribution is -2.03. The van der Waals surface area contributed by atoms with Crippen molar-refractivity contribution in [2.45, 2.75) is 37.8 Å². The van der Waals surface area contributed by atoms with Crippen molar-refractivity contribution in [3.05, 3.63) is 22.5 Å². The van der Waals surface area contributed by atoms with Gasteiger partial charge in [0.2, 0.25) is 0 Å². The summed E-state index contributed by atoms with van der Waals surface area (Å²) in [6.45, 7) is 5.11. The van der Waals surface area contributed by atoms with E-state index in [0.717, 1.165) is 11.5 Å². The molecule has 72 valence electrons. The van der Waals surface area contributed by atoms with Crippen molar-refractivity contribution in [1.82, 2.24) is 4.98 Å². The summed E-state index contributed by atoms with van der Waals surface area (Å²) in [6.07, 6.45) is 0. The van der Waals surface area contributed by atoms with Gasteiger partial charge in [-0.1, -0.05) is 13.8 Å². The molecule has 0 aliphatic carbocycles. The molecule has 0 amide bonds. The molecule has 2 heterocycles. The third-order valence-corrected chi connectivity index (χ3v) is 3.60. The lowest BCUT2D eigenvalue weighted by Gasteiger charge is -2.06. The predicted molar refractivity (Wildman–Crippen MR) is 57.8 cm³/mol. The molecular weight excluding hydrogens is 180 g/mol. The maximum absolute atomic E-state index is 5.78. The first-order valence-corrected chi connectivity index (χ1v) is 5.89. The van der Waals surface area contributed by atoms with Gasteiger partial charge in [0.15, 0.2) is 0 Å². The molecule has 0 bridgehead atoms. The fraction of sp³-hybridized carbons (Fsp3) is 0.600. The van der Waals surface area contributed by atoms with E-state index in [2.05, 4.69) is 18.8 Å². The molecule has 1 aromatic rings. The molecule has 3 heteroatoms. The Kier molecular flexibility index (Phi) is 2.39. The lowest BCUT2D eigenvalue weighted by molar-refractivity contribution is 0.806. The molecule has 0 fully saturated rings. The average molecular weight is 196 g/mol. The van der Waals surface area contributed by atoms with E-state index < -0.39 is 0 Å². The quantitative estimate of drug-likeness (QED) is 0.762. The Morgan fingerprint density at radius 3 is 2.85 bits per heavy atom. The highest BCUT2D eigenvalue weighted by Crippen LogP contribution is 2.35. The molecular formula is C10H16N2S. The number of H-pyrrole nitrogens is 1. The molecule has 0 spiro atoms. The van der Waals surface area contributed by atoms with Gasteiger partial charge in [-0.3, -0.25) is 0 Å². The summed E-state index contributed by atoms with van der Waals surface area (Å²) in [5.41, 5.74) is 11.4. The molecule has 0 saturated heterocycles. The Balaban J connectivity index is 2.47. The number of fused-ring (bicyclic) bond motifs is 1. The van der Waals surface area contributed by atoms with Crippen molar-refractivity contribution in [1.29, 1.82) is 0 Å². The molecule has 0 radical (unpaired) electrons. The predicted octanol–water partition coefficient (Wildman–Crippen LogP) is 2.34. The molecule has 1 aliphatic rings. The lowest BCUT2D eigenvalue weighted by atomic mass is 10.0. The Labute approximate surface area is 83.3 Å². The summed E-state index contributed by atoms with van der Waals surface area (Å²) in [5, 5.41) is 0. The molecule has 0 atom stereocenters. The molecule has 3 N–H and O–H groups in total. The van der Waals surface area contributed by atoms with Gasteiger partial charge in [-0.15, -0.1) is 0 Å². The third-order valence-electron chi connectivity index (χ3n) is 2.61. The molecule has 1 aliphatic heterocycles. The monoisotopic (exact) mass is 196 g/mol. The van der Waals surface area contributed by atoms with Crippen LogP contribution in [0.25, 0.3) is 0 Å². The smallest absolute Gasteiger partial charge is 0.0342 e. The van der Waals surface area contributed by atoms with Crippen LogP contribution in [0.4, 0.5) is 0 Å². The van der Waals surface area contributed by atoms with Crippen LogP contribution in [0.15, 0.2) is 0 Å². The second-order valence-corrected chi connectivity index (χ2v) is 4.81. The van der Waals surface area contributed by atoms with E-state index in [0.29, 0.717) is 12.5 Å². The fourth-order valence-electron chi connectivity index (χ4n) is 1.94. The number of hydrogen-bond donors (Lipinski definition) is 2. The van der Waals surface area contributed by atoms with Crippen LogP contribution in [0.3, 0.4) is 0 Å². The van der Waals surface area contributed by atoms with Crippen LogP contribution in [-0.2, 0) is 18.1 Å². The number of nitrogens with two attached hydrogens (primary N) is 1. The minimum atomic E-state index is 0.564. The Morgan fingerprint density at radius 2 is 2.23 bits per heavy atom. The molecule has 1 aromatic heterocycles. The van der Waals surface area contributed by atoms with Crippen molar-refractivity contribution in [2.75, 3.05) is 0 Å². The van der Waals surface area contributed by atoms with Crippen molar-refractivity contribution < 1.29 is 0 Å². The summed E-state index contributed by atoms with van der Waals surface area (Å²) in [6, 6.07) is 0. The highest BCUT2D eigenvalue weighted by molar-refractivity contribution is 7.98. The van der Waals surface area contributed by atoms with Crippen molar-refractivity contribution in [3.63, 3.8) is 0 Å². The fourth-order valence-corrected chi connectivity index (χ4v) is 3.04. The van der Waals surface area contributed by atoms with Crippen LogP contribution < -0.4 is 5.73 Å². The largest absolute Gasteiger partial charge is 0.361 e. The number of hydrogen-bond acceptors (Lipinski definition) is 2. The van der Waals surface area contributed by atoms with E-state index in [1.54, 1.807) is 0 Å². The van der Waals surface area contributed by atoms with Gasteiger partial charge in [-0.2, -0.15) is 11.8 Å². The summed E-state index contributed by atoms with van der Waals surface area (Å²) in [7, 11) is 0. The van der Waals surface area contributed by atoms with Crippen LogP contribution in [0.1, 0.15) is 42.3 Å². The van der Waals surface area contributed by atoms with Crippen molar-refractivity contribution in [2.24, 2.45) is 5.73 Å². The van der Waals surface area contributed by atoms with E-state index >= 15 is 0 Å². The SMILES string of the molecule is CC(C)c1[nH]c2c(c1CN)CSC2. The summed E-state index contributed by atoms with van der Waals surface area (Å²) in [5.74, 6) is 2.84. The average Bonchev–Trinajstić information content (AvgIpc) is 2.60. The van der Waals surface area contributed by atoms with Crippen LogP contribution >= 0.6 is 11.8 Å². The maximum Gasteiger partial charge on any atom is 0.0342 e. The minimum absolute atomic E-state index is 0.564. The number of nitrogens with one attached hydrogen (secondary N) is 1. The van der Waals surface area contributed by atoms with Gasteiger partial charge in [-0.25, -0.2) is 0 Å². The van der Waals surface area contributed by atoms with E-state index in [4.69, 9.17) is 5.73 Å². The highest BCUT2D eigenvalue weighted by atomic mass is 32.2. The van der Waals surface area contributed by atoms with Crippen molar-refractivity contribution in [3.8, 4) is 0 Å². The number of rotatable bonds is 2. The van der Waals surface area contributed by atoms with E-state index in [1.165, 1.54) is 22.5 Å². The summed E-state index contributed by atoms with van der Waals surface area (Å²) < 4.78 is 0. The van der Waals surface area contributed by atoms with E-state index in [1.807, 2.05) is 11.8 Å².